The van der Waals surface area contributed by atoms with Crippen molar-refractivity contribution in [3.05, 3.63) is 36.5 Å². The van der Waals surface area contributed by atoms with Gasteiger partial charge in [0.2, 0.25) is 0 Å². The molecule has 22 heavy (non-hydrogen) atoms. The Morgan fingerprint density at radius 1 is 0.545 bits per heavy atom. The molecule has 0 aromatic rings. The van der Waals surface area contributed by atoms with Gasteiger partial charge in [-0.2, -0.15) is 0 Å². The molecule has 0 aliphatic heterocycles. The van der Waals surface area contributed by atoms with Gasteiger partial charge in [0.15, 0.2) is 0 Å². The summed E-state index contributed by atoms with van der Waals surface area (Å²) in [6.45, 7) is 7.68. The van der Waals surface area contributed by atoms with Crippen LogP contribution in [0.25, 0.3) is 0 Å². The average Bonchev–Trinajstić information content (AvgIpc) is 2.53. The molecule has 0 amide bonds. The third-order valence-corrected chi connectivity index (χ3v) is 2.82. The van der Waals surface area contributed by atoms with Crippen molar-refractivity contribution in [2.24, 2.45) is 0 Å². The predicted molar refractivity (Wildman–Crippen MR) is 93.8 cm³/mol. The summed E-state index contributed by atoms with van der Waals surface area (Å²) in [4.78, 5) is 0. The van der Waals surface area contributed by atoms with E-state index in [4.69, 9.17) is 14.2 Å². The van der Waals surface area contributed by atoms with Crippen molar-refractivity contribution in [3.8, 4) is 0 Å². The van der Waals surface area contributed by atoms with Gasteiger partial charge in [-0.15, -0.1) is 0 Å². The Hall–Kier alpha value is -0.900. The maximum atomic E-state index is 5.66. The highest BCUT2D eigenvalue weighted by atomic mass is 16.8. The van der Waals surface area contributed by atoms with Crippen LogP contribution in [-0.2, 0) is 14.2 Å². The molecule has 3 heteroatoms. The Labute approximate surface area is 137 Å². The fourth-order valence-corrected chi connectivity index (χ4v) is 1.69. The second kappa shape index (κ2) is 18.1. The molecule has 0 fully saturated rings. The standard InChI is InChI=1S/C19H34O3/c1-4-7-10-13-16-20-19(21-17-14-11-8-5-2)22-18-15-12-9-6-3/h7-12,19H,4-6,13-18H2,1-3H3. The van der Waals surface area contributed by atoms with E-state index in [0.29, 0.717) is 19.8 Å². The smallest absolute Gasteiger partial charge is 0.271 e. The minimum Gasteiger partial charge on any atom is -0.330 e. The van der Waals surface area contributed by atoms with E-state index in [0.717, 1.165) is 38.5 Å². The third-order valence-electron chi connectivity index (χ3n) is 2.82. The lowest BCUT2D eigenvalue weighted by atomic mass is 10.3. The van der Waals surface area contributed by atoms with Crippen LogP contribution in [0.4, 0.5) is 0 Å². The van der Waals surface area contributed by atoms with Gasteiger partial charge in [0.1, 0.15) is 0 Å². The van der Waals surface area contributed by atoms with Crippen molar-refractivity contribution in [1.82, 2.24) is 0 Å². The number of hydrogen-bond acceptors (Lipinski definition) is 3. The predicted octanol–water partition coefficient (Wildman–Crippen LogP) is 5.39. The number of allylic oxidation sites excluding steroid dienone is 3. The van der Waals surface area contributed by atoms with Gasteiger partial charge in [-0.3, -0.25) is 0 Å². The van der Waals surface area contributed by atoms with Crippen molar-refractivity contribution >= 4 is 0 Å². The summed E-state index contributed by atoms with van der Waals surface area (Å²) < 4.78 is 17.0. The van der Waals surface area contributed by atoms with Crippen molar-refractivity contribution in [2.75, 3.05) is 19.8 Å². The van der Waals surface area contributed by atoms with Crippen molar-refractivity contribution in [2.45, 2.75) is 65.8 Å². The molecule has 0 aliphatic carbocycles. The van der Waals surface area contributed by atoms with E-state index in [1.807, 2.05) is 0 Å². The molecule has 0 aromatic carbocycles. The van der Waals surface area contributed by atoms with Gasteiger partial charge < -0.3 is 14.2 Å². The maximum absolute atomic E-state index is 5.66. The topological polar surface area (TPSA) is 27.7 Å². The Kier molecular flexibility index (Phi) is 17.4. The van der Waals surface area contributed by atoms with Crippen LogP contribution in [-0.4, -0.2) is 26.3 Å². The minimum atomic E-state index is -0.555. The van der Waals surface area contributed by atoms with Crippen molar-refractivity contribution < 1.29 is 14.2 Å². The highest BCUT2D eigenvalue weighted by Gasteiger charge is 2.08. The molecule has 0 aromatic heterocycles. The Morgan fingerprint density at radius 3 is 1.14 bits per heavy atom. The van der Waals surface area contributed by atoms with Gasteiger partial charge in [0, 0.05) is 0 Å². The van der Waals surface area contributed by atoms with Crippen molar-refractivity contribution in [1.29, 1.82) is 0 Å². The highest BCUT2D eigenvalue weighted by Crippen LogP contribution is 2.03. The van der Waals surface area contributed by atoms with E-state index in [1.165, 1.54) is 0 Å². The van der Waals surface area contributed by atoms with Crippen LogP contribution in [0.3, 0.4) is 0 Å². The first-order chi connectivity index (χ1) is 10.8. The second-order valence-corrected chi connectivity index (χ2v) is 4.91. The third kappa shape index (κ3) is 15.5. The fourth-order valence-electron chi connectivity index (χ4n) is 1.69. The van der Waals surface area contributed by atoms with Crippen LogP contribution in [0, 0.1) is 0 Å². The highest BCUT2D eigenvalue weighted by molar-refractivity contribution is 4.81. The monoisotopic (exact) mass is 310 g/mol. The van der Waals surface area contributed by atoms with Crippen LogP contribution in [0.15, 0.2) is 36.5 Å². The first-order valence-corrected chi connectivity index (χ1v) is 8.64. The van der Waals surface area contributed by atoms with Crippen LogP contribution in [0.2, 0.25) is 0 Å². The molecule has 0 heterocycles. The van der Waals surface area contributed by atoms with Crippen LogP contribution in [0.5, 0.6) is 0 Å². The zero-order chi connectivity index (χ0) is 16.3. The molecule has 0 rings (SSSR count). The van der Waals surface area contributed by atoms with Crippen LogP contribution >= 0.6 is 0 Å². The van der Waals surface area contributed by atoms with E-state index in [1.54, 1.807) is 0 Å². The molecule has 0 saturated heterocycles. The van der Waals surface area contributed by atoms with Gasteiger partial charge in [0.25, 0.3) is 6.48 Å². The molecule has 0 bridgehead atoms. The second-order valence-electron chi connectivity index (χ2n) is 4.91. The molecule has 128 valence electrons. The lowest BCUT2D eigenvalue weighted by Gasteiger charge is -2.18. The van der Waals surface area contributed by atoms with E-state index >= 15 is 0 Å². The van der Waals surface area contributed by atoms with Gasteiger partial charge >= 0.3 is 0 Å². The molecule has 0 N–H and O–H groups in total. The summed E-state index contributed by atoms with van der Waals surface area (Å²) >= 11 is 0. The SMILES string of the molecule is CCC=CCCOC(OCCC=CCC)OCCC=CCC. The minimum absolute atomic E-state index is 0.555. The number of ether oxygens (including phenoxy) is 3. The quantitative estimate of drug-likeness (QED) is 0.231. The Bertz CT molecular complexity index is 248. The molecule has 0 spiro atoms. The number of rotatable bonds is 15. The first-order valence-electron chi connectivity index (χ1n) is 8.64. The van der Waals surface area contributed by atoms with Crippen molar-refractivity contribution in [3.63, 3.8) is 0 Å². The summed E-state index contributed by atoms with van der Waals surface area (Å²) in [5.41, 5.74) is 0. The molecule has 0 aliphatic rings. The van der Waals surface area contributed by atoms with Crippen LogP contribution < -0.4 is 0 Å². The molecule has 0 unspecified atom stereocenters. The summed E-state index contributed by atoms with van der Waals surface area (Å²) in [6, 6.07) is 0. The fraction of sp³-hybridized carbons (Fsp3) is 0.684. The molecule has 0 atom stereocenters. The molecule has 3 nitrogen and oxygen atoms in total. The maximum Gasteiger partial charge on any atom is 0.271 e. The summed E-state index contributed by atoms with van der Waals surface area (Å²) in [6.07, 6.45) is 18.7. The van der Waals surface area contributed by atoms with E-state index < -0.39 is 6.48 Å². The molecular weight excluding hydrogens is 276 g/mol. The number of hydrogen-bond donors (Lipinski definition) is 0. The lowest BCUT2D eigenvalue weighted by Crippen LogP contribution is -2.22. The lowest BCUT2D eigenvalue weighted by molar-refractivity contribution is -0.286. The largest absolute Gasteiger partial charge is 0.330 e. The first kappa shape index (κ1) is 21.1. The Morgan fingerprint density at radius 2 is 0.864 bits per heavy atom. The molecular formula is C19H34O3. The van der Waals surface area contributed by atoms with Gasteiger partial charge in [-0.1, -0.05) is 57.2 Å². The summed E-state index contributed by atoms with van der Waals surface area (Å²) in [7, 11) is 0. The zero-order valence-corrected chi connectivity index (χ0v) is 14.6. The normalized spacial score (nSPS) is 13.8. The summed E-state index contributed by atoms with van der Waals surface area (Å²) in [5, 5.41) is 0. The van der Waals surface area contributed by atoms with Crippen LogP contribution in [0.1, 0.15) is 59.3 Å². The van der Waals surface area contributed by atoms with Gasteiger partial charge in [0.05, 0.1) is 19.8 Å². The zero-order valence-electron chi connectivity index (χ0n) is 14.6. The average molecular weight is 310 g/mol. The Balaban J connectivity index is 3.93. The van der Waals surface area contributed by atoms with Gasteiger partial charge in [-0.05, 0) is 38.5 Å². The summed E-state index contributed by atoms with van der Waals surface area (Å²) in [5.74, 6) is 0. The molecule has 0 saturated carbocycles. The van der Waals surface area contributed by atoms with E-state index in [-0.39, 0.29) is 0 Å². The van der Waals surface area contributed by atoms with E-state index in [2.05, 4.69) is 57.2 Å². The molecule has 0 radical (unpaired) electrons. The van der Waals surface area contributed by atoms with E-state index in [9.17, 15) is 0 Å². The van der Waals surface area contributed by atoms with Gasteiger partial charge in [-0.25, -0.2) is 0 Å².